The third kappa shape index (κ3) is 5.11. The molecule has 2 aromatic carbocycles. The van der Waals surface area contributed by atoms with Crippen LogP contribution in [0.3, 0.4) is 0 Å². The van der Waals surface area contributed by atoms with E-state index in [4.69, 9.17) is 0 Å². The molecule has 1 aromatic heterocycles. The molecule has 0 saturated carbocycles. The summed E-state index contributed by atoms with van der Waals surface area (Å²) in [7, 11) is 0. The summed E-state index contributed by atoms with van der Waals surface area (Å²) in [6.45, 7) is 5.46. The predicted octanol–water partition coefficient (Wildman–Crippen LogP) is 4.11. The number of hydrogen-bond acceptors (Lipinski definition) is 3. The first-order valence-electron chi connectivity index (χ1n) is 10.6. The number of halogens is 1. The van der Waals surface area contributed by atoms with Crippen LogP contribution in [0, 0.1) is 12.7 Å². The van der Waals surface area contributed by atoms with Crippen LogP contribution in [0.5, 0.6) is 0 Å². The minimum Gasteiger partial charge on any atom is -0.321 e. The van der Waals surface area contributed by atoms with Gasteiger partial charge < -0.3 is 20.1 Å². The van der Waals surface area contributed by atoms with Crippen LogP contribution in [0.4, 0.5) is 14.9 Å². The monoisotopic (exact) mass is 422 g/mol. The topological polar surface area (TPSA) is 68.4 Å². The van der Waals surface area contributed by atoms with Crippen molar-refractivity contribution in [1.82, 2.24) is 14.8 Å². The second-order valence-corrected chi connectivity index (χ2v) is 8.07. The molecule has 4 rings (SSSR count). The number of rotatable bonds is 6. The fourth-order valence-electron chi connectivity index (χ4n) is 4.01. The number of fused-ring (bicyclic) bond motifs is 1. The van der Waals surface area contributed by atoms with E-state index in [1.807, 2.05) is 31.2 Å². The molecule has 1 aliphatic rings. The Bertz CT molecular complexity index is 1120. The quantitative estimate of drug-likeness (QED) is 0.628. The summed E-state index contributed by atoms with van der Waals surface area (Å²) in [5.74, 6) is -0.359. The van der Waals surface area contributed by atoms with Crippen molar-refractivity contribution < 1.29 is 9.18 Å². The van der Waals surface area contributed by atoms with Gasteiger partial charge in [0, 0.05) is 24.3 Å². The number of carbonyl (C=O) groups excluding carboxylic acids is 1. The Hall–Kier alpha value is -3.19. The molecule has 0 aliphatic carbocycles. The maximum absolute atomic E-state index is 13.2. The standard InChI is InChI=1S/C24H27FN4O2/c1-17-5-4-6-18-15-19(23(30)27-22(17)18)16-29(14-13-28-11-2-3-12-28)24(31)26-21-9-7-20(25)8-10-21/h4-10,15H,2-3,11-14,16H2,1H3,(H,26,31)(H,27,30). The number of H-pyrrole nitrogens is 1. The highest BCUT2D eigenvalue weighted by molar-refractivity contribution is 5.89. The summed E-state index contributed by atoms with van der Waals surface area (Å²) in [4.78, 5) is 32.7. The number of aromatic amines is 1. The molecule has 0 atom stereocenters. The molecule has 0 unspecified atom stereocenters. The van der Waals surface area contributed by atoms with E-state index in [0.717, 1.165) is 36.1 Å². The molecule has 7 heteroatoms. The highest BCUT2D eigenvalue weighted by Crippen LogP contribution is 2.17. The van der Waals surface area contributed by atoms with E-state index < -0.39 is 0 Å². The summed E-state index contributed by atoms with van der Waals surface area (Å²) in [6, 6.07) is 13.1. The average molecular weight is 423 g/mol. The van der Waals surface area contributed by atoms with Crippen molar-refractivity contribution in [1.29, 1.82) is 0 Å². The van der Waals surface area contributed by atoms with Gasteiger partial charge in [0.05, 0.1) is 12.1 Å². The Morgan fingerprint density at radius 1 is 1.16 bits per heavy atom. The van der Waals surface area contributed by atoms with Gasteiger partial charge >= 0.3 is 6.03 Å². The highest BCUT2D eigenvalue weighted by atomic mass is 19.1. The molecule has 0 radical (unpaired) electrons. The first-order chi connectivity index (χ1) is 15.0. The van der Waals surface area contributed by atoms with Gasteiger partial charge in [-0.1, -0.05) is 18.2 Å². The fourth-order valence-corrected chi connectivity index (χ4v) is 4.01. The Morgan fingerprint density at radius 3 is 2.65 bits per heavy atom. The molecule has 0 bridgehead atoms. The second-order valence-electron chi connectivity index (χ2n) is 8.07. The van der Waals surface area contributed by atoms with Gasteiger partial charge in [0.15, 0.2) is 0 Å². The summed E-state index contributed by atoms with van der Waals surface area (Å²) in [5.41, 5.74) is 2.67. The number of likely N-dealkylation sites (tertiary alicyclic amines) is 1. The van der Waals surface area contributed by atoms with Crippen molar-refractivity contribution in [2.24, 2.45) is 0 Å². The van der Waals surface area contributed by atoms with E-state index in [1.54, 1.807) is 4.90 Å². The van der Waals surface area contributed by atoms with Crippen molar-refractivity contribution in [2.45, 2.75) is 26.3 Å². The van der Waals surface area contributed by atoms with E-state index in [-0.39, 0.29) is 24.0 Å². The van der Waals surface area contributed by atoms with Crippen LogP contribution >= 0.6 is 0 Å². The number of hydrogen-bond donors (Lipinski definition) is 2. The van der Waals surface area contributed by atoms with E-state index in [0.29, 0.717) is 17.8 Å². The number of carbonyl (C=O) groups is 1. The van der Waals surface area contributed by atoms with Gasteiger partial charge in [0.1, 0.15) is 5.82 Å². The number of para-hydroxylation sites is 1. The van der Waals surface area contributed by atoms with Crippen LogP contribution in [0.1, 0.15) is 24.0 Å². The van der Waals surface area contributed by atoms with E-state index in [2.05, 4.69) is 15.2 Å². The van der Waals surface area contributed by atoms with Crippen LogP contribution in [0.2, 0.25) is 0 Å². The molecule has 2 amide bonds. The number of amides is 2. The minimum absolute atomic E-state index is 0.192. The zero-order valence-corrected chi connectivity index (χ0v) is 17.7. The van der Waals surface area contributed by atoms with Crippen LogP contribution in [0.25, 0.3) is 10.9 Å². The van der Waals surface area contributed by atoms with E-state index >= 15 is 0 Å². The summed E-state index contributed by atoms with van der Waals surface area (Å²) in [5, 5.41) is 3.76. The lowest BCUT2D eigenvalue weighted by Gasteiger charge is -2.26. The molecule has 162 valence electrons. The largest absolute Gasteiger partial charge is 0.322 e. The first-order valence-corrected chi connectivity index (χ1v) is 10.6. The van der Waals surface area contributed by atoms with E-state index in [9.17, 15) is 14.0 Å². The zero-order valence-electron chi connectivity index (χ0n) is 17.7. The van der Waals surface area contributed by atoms with Crippen molar-refractivity contribution in [2.75, 3.05) is 31.5 Å². The lowest BCUT2D eigenvalue weighted by atomic mass is 10.1. The number of urea groups is 1. The minimum atomic E-state index is -0.359. The third-order valence-electron chi connectivity index (χ3n) is 5.79. The molecule has 2 heterocycles. The normalized spacial score (nSPS) is 14.1. The number of nitrogens with zero attached hydrogens (tertiary/aromatic N) is 2. The van der Waals surface area contributed by atoms with Gasteiger partial charge in [0.25, 0.3) is 5.56 Å². The van der Waals surface area contributed by atoms with Gasteiger partial charge in [-0.2, -0.15) is 0 Å². The van der Waals surface area contributed by atoms with Gasteiger partial charge in [-0.15, -0.1) is 0 Å². The van der Waals surface area contributed by atoms with Crippen molar-refractivity contribution in [3.05, 3.63) is 75.8 Å². The Balaban J connectivity index is 1.56. The second kappa shape index (κ2) is 9.31. The Morgan fingerprint density at radius 2 is 1.90 bits per heavy atom. The number of nitrogens with one attached hydrogen (secondary N) is 2. The van der Waals surface area contributed by atoms with Gasteiger partial charge in [-0.3, -0.25) is 4.79 Å². The predicted molar refractivity (Wildman–Crippen MR) is 121 cm³/mol. The molecule has 1 saturated heterocycles. The average Bonchev–Trinajstić information content (AvgIpc) is 3.27. The van der Waals surface area contributed by atoms with Gasteiger partial charge in [-0.25, -0.2) is 9.18 Å². The molecule has 1 aliphatic heterocycles. The number of pyridine rings is 1. The van der Waals surface area contributed by atoms with Crippen LogP contribution in [0.15, 0.2) is 53.3 Å². The molecular formula is C24H27FN4O2. The Kier molecular flexibility index (Phi) is 6.32. The molecule has 3 aromatic rings. The summed E-state index contributed by atoms with van der Waals surface area (Å²) >= 11 is 0. The summed E-state index contributed by atoms with van der Waals surface area (Å²) < 4.78 is 13.2. The number of benzene rings is 2. The lowest BCUT2D eigenvalue weighted by Crippen LogP contribution is -2.41. The van der Waals surface area contributed by atoms with Crippen molar-refractivity contribution >= 4 is 22.6 Å². The molecule has 31 heavy (non-hydrogen) atoms. The number of aryl methyl sites for hydroxylation is 1. The van der Waals surface area contributed by atoms with Crippen LogP contribution < -0.4 is 10.9 Å². The zero-order chi connectivity index (χ0) is 21.8. The maximum Gasteiger partial charge on any atom is 0.322 e. The SMILES string of the molecule is Cc1cccc2cc(CN(CCN3CCCC3)C(=O)Nc3ccc(F)cc3)c(=O)[nH]c12. The molecular weight excluding hydrogens is 395 g/mol. The maximum atomic E-state index is 13.2. The highest BCUT2D eigenvalue weighted by Gasteiger charge is 2.19. The Labute approximate surface area is 180 Å². The smallest absolute Gasteiger partial charge is 0.321 e. The lowest BCUT2D eigenvalue weighted by molar-refractivity contribution is 0.197. The number of anilines is 1. The fraction of sp³-hybridized carbons (Fsp3) is 0.333. The first kappa shape index (κ1) is 21.1. The third-order valence-corrected chi connectivity index (χ3v) is 5.79. The molecule has 6 nitrogen and oxygen atoms in total. The number of aromatic nitrogens is 1. The van der Waals surface area contributed by atoms with Crippen LogP contribution in [-0.4, -0.2) is 47.0 Å². The molecule has 0 spiro atoms. The van der Waals surface area contributed by atoms with E-state index in [1.165, 1.54) is 37.1 Å². The van der Waals surface area contributed by atoms with Gasteiger partial charge in [-0.05, 0) is 74.1 Å². The van der Waals surface area contributed by atoms with Crippen LogP contribution in [-0.2, 0) is 6.54 Å². The van der Waals surface area contributed by atoms with Crippen molar-refractivity contribution in [3.63, 3.8) is 0 Å². The molecule has 1 fully saturated rings. The molecule has 2 N–H and O–H groups in total. The van der Waals surface area contributed by atoms with Crippen molar-refractivity contribution in [3.8, 4) is 0 Å². The van der Waals surface area contributed by atoms with Gasteiger partial charge in [0.2, 0.25) is 0 Å². The summed E-state index contributed by atoms with van der Waals surface area (Å²) in [6.07, 6.45) is 2.34.